The number of carboxylic acids is 2. The largest absolute Gasteiger partial charge is 0.481 e. The van der Waals surface area contributed by atoms with Gasteiger partial charge in [-0.3, -0.25) is 33.6 Å². The highest BCUT2D eigenvalue weighted by atomic mass is 127. The fourth-order valence-corrected chi connectivity index (χ4v) is 14.3. The van der Waals surface area contributed by atoms with E-state index in [-0.39, 0.29) is 100 Å². The van der Waals surface area contributed by atoms with Crippen molar-refractivity contribution in [3.63, 3.8) is 0 Å². The van der Waals surface area contributed by atoms with Crippen LogP contribution < -0.4 is 17.2 Å². The highest BCUT2D eigenvalue weighted by Crippen LogP contribution is 2.31. The SMILES string of the molecule is C=Cc1ccc(C(C)C(=O)CCc2cc(C)nn2-c2cccc(Cl)c2)cc1F.C=Cc1ccc(C(C)C(=O)O)cc1F.C=Cc1ccc(C(C)C(C)=O)cc1F.CC(=O)C(C)c1ccc(I)c(F)c1.CC(=O)C(C)c1ccc(N)c(F)c1.CC(C(=O)O)c1ccc(N)c(F)c1.Cc1cc(CCC(=O)C(C)c2ccc(CCO)c(F)c2)n(-c2cccc(Cl)c2)n1.Cc1cc(CN)n(-c2cccc(Cl)c2)n1. The van der Waals surface area contributed by atoms with Crippen molar-refractivity contribution in [2.24, 2.45) is 5.73 Å². The van der Waals surface area contributed by atoms with E-state index in [1.807, 2.05) is 149 Å². The summed E-state index contributed by atoms with van der Waals surface area (Å²) in [5.41, 5.74) is 30.6. The number of hydrogen-bond donors (Lipinski definition) is 6. The predicted octanol–water partition coefficient (Wildman–Crippen LogP) is 25.7. The van der Waals surface area contributed by atoms with E-state index in [4.69, 9.17) is 67.3 Å². The molecular weight excluding hydrogens is 1960 g/mol. The maximum absolute atomic E-state index is 14.1. The Kier molecular flexibility index (Phi) is 45.8. The third-order valence-electron chi connectivity index (χ3n) is 22.6. The third kappa shape index (κ3) is 34.8. The summed E-state index contributed by atoms with van der Waals surface area (Å²) in [5.74, 6) is -7.47. The van der Waals surface area contributed by atoms with Gasteiger partial charge < -0.3 is 32.5 Å². The Hall–Kier alpha value is -13.0. The van der Waals surface area contributed by atoms with Crippen molar-refractivity contribution >= 4 is 128 Å². The predicted molar refractivity (Wildman–Crippen MR) is 548 cm³/mol. The number of carbonyl (C=O) groups excluding carboxylic acids is 5. The van der Waals surface area contributed by atoms with E-state index in [1.165, 1.54) is 114 Å². The molecule has 0 spiro atoms. The summed E-state index contributed by atoms with van der Waals surface area (Å²) in [4.78, 5) is 79.7. The zero-order valence-corrected chi connectivity index (χ0v) is 83.8. The number of aryl methyl sites for hydroxylation is 5. The lowest BCUT2D eigenvalue weighted by Gasteiger charge is -2.13. The second-order valence-corrected chi connectivity index (χ2v) is 35.2. The Balaban J connectivity index is 0.000000250. The van der Waals surface area contributed by atoms with Crippen LogP contribution >= 0.6 is 57.4 Å². The summed E-state index contributed by atoms with van der Waals surface area (Å²) < 4.78 is 99.6. The molecule has 3 aromatic heterocycles. The van der Waals surface area contributed by atoms with Crippen LogP contribution in [0.15, 0.2) is 238 Å². The molecule has 10 aromatic carbocycles. The summed E-state index contributed by atoms with van der Waals surface area (Å²) in [6, 6.07) is 60.5. The number of aliphatic hydroxyl groups is 1. The zero-order valence-electron chi connectivity index (χ0n) is 79.4. The summed E-state index contributed by atoms with van der Waals surface area (Å²) in [5, 5.41) is 41.7. The summed E-state index contributed by atoms with van der Waals surface area (Å²) in [6.45, 7) is 33.1. The Bertz CT molecular complexity index is 6270. The highest BCUT2D eigenvalue weighted by Gasteiger charge is 2.24. The maximum Gasteiger partial charge on any atom is 0.310 e. The number of hydrogen-bond acceptors (Lipinski definition) is 14. The van der Waals surface area contributed by atoms with Crippen LogP contribution in [0.4, 0.5) is 42.1 Å². The molecule has 7 atom stereocenters. The number of carbonyl (C=O) groups is 7. The van der Waals surface area contributed by atoms with Gasteiger partial charge in [0.15, 0.2) is 0 Å². The first-order chi connectivity index (χ1) is 65.6. The number of carboxylic acid groups (broad SMARTS) is 2. The number of anilines is 2. The molecule has 0 radical (unpaired) electrons. The van der Waals surface area contributed by atoms with Gasteiger partial charge >= 0.3 is 11.9 Å². The van der Waals surface area contributed by atoms with Crippen LogP contribution in [0.3, 0.4) is 0 Å². The first kappa shape index (κ1) is 115. The van der Waals surface area contributed by atoms with E-state index in [1.54, 1.807) is 94.4 Å². The van der Waals surface area contributed by atoms with Crippen LogP contribution in [0, 0.1) is 65.1 Å². The lowest BCUT2D eigenvalue weighted by molar-refractivity contribution is -0.139. The molecule has 0 saturated heterocycles. The average Bonchev–Trinajstić information content (AvgIpc) is 1.69. The van der Waals surface area contributed by atoms with Gasteiger partial charge in [-0.05, 0) is 275 Å². The Morgan fingerprint density at radius 2 is 0.655 bits per heavy atom. The minimum absolute atomic E-state index is 0.0178. The number of ketones is 5. The number of halogens is 11. The third-order valence-corrected chi connectivity index (χ3v) is 24.1. The topological polar surface area (TPSA) is 312 Å². The minimum atomic E-state index is -0.982. The molecule has 0 aliphatic heterocycles. The smallest absolute Gasteiger partial charge is 0.310 e. The van der Waals surface area contributed by atoms with Gasteiger partial charge in [-0.2, -0.15) is 15.3 Å². The van der Waals surface area contributed by atoms with E-state index in [0.717, 1.165) is 62.9 Å². The van der Waals surface area contributed by atoms with Crippen molar-refractivity contribution in [1.82, 2.24) is 29.3 Å². The number of benzene rings is 10. The molecule has 7 unspecified atom stereocenters. The molecule has 0 aliphatic rings. The van der Waals surface area contributed by atoms with Crippen LogP contribution in [-0.2, 0) is 59.4 Å². The molecule has 0 amide bonds. The van der Waals surface area contributed by atoms with E-state index >= 15 is 0 Å². The molecule has 0 fully saturated rings. The highest BCUT2D eigenvalue weighted by molar-refractivity contribution is 14.1. The van der Waals surface area contributed by atoms with Gasteiger partial charge in [-0.25, -0.2) is 44.8 Å². The summed E-state index contributed by atoms with van der Waals surface area (Å²) >= 11 is 20.0. The minimum Gasteiger partial charge on any atom is -0.481 e. The number of aromatic nitrogens is 6. The molecule has 0 saturated carbocycles. The first-order valence-corrected chi connectivity index (χ1v) is 46.2. The summed E-state index contributed by atoms with van der Waals surface area (Å²) in [6.07, 6.45) is 6.32. The lowest BCUT2D eigenvalue weighted by Crippen LogP contribution is -2.12. The number of Topliss-reactive ketones (excluding diaryl/α,β-unsaturated/α-hetero) is 5. The Morgan fingerprint density at radius 1 is 0.374 bits per heavy atom. The lowest BCUT2D eigenvalue weighted by atomic mass is 9.92. The molecule has 0 aliphatic carbocycles. The quantitative estimate of drug-likeness (QED) is 0.0144. The van der Waals surface area contributed by atoms with Gasteiger partial charge in [0.25, 0.3) is 0 Å². The zero-order chi connectivity index (χ0) is 104. The van der Waals surface area contributed by atoms with Crippen LogP contribution in [0.5, 0.6) is 0 Å². The van der Waals surface area contributed by atoms with Gasteiger partial charge in [0.05, 0.1) is 63.0 Å². The van der Waals surface area contributed by atoms with E-state index in [0.29, 0.717) is 107 Å². The monoisotopic (exact) mass is 2070 g/mol. The van der Waals surface area contributed by atoms with Crippen molar-refractivity contribution in [3.05, 3.63) is 393 Å². The first-order valence-electron chi connectivity index (χ1n) is 44.0. The normalized spacial score (nSPS) is 12.1. The van der Waals surface area contributed by atoms with Crippen molar-refractivity contribution in [1.29, 1.82) is 0 Å². The van der Waals surface area contributed by atoms with E-state index < -0.39 is 47.1 Å². The number of rotatable bonds is 29. The number of aliphatic hydroxyl groups excluding tert-OH is 1. The second-order valence-electron chi connectivity index (χ2n) is 32.7. The average molecular weight is 2080 g/mol. The molecule has 13 aromatic rings. The molecule has 732 valence electrons. The fourth-order valence-electron chi connectivity index (χ4n) is 13.4. The van der Waals surface area contributed by atoms with Gasteiger partial charge in [-0.1, -0.05) is 192 Å². The molecule has 30 heteroatoms. The van der Waals surface area contributed by atoms with Crippen molar-refractivity contribution in [2.75, 3.05) is 18.1 Å². The molecule has 3 heterocycles. The fraction of sp³-hybridized carbons (Fsp3) is 0.248. The van der Waals surface area contributed by atoms with E-state index in [2.05, 4.69) is 35.0 Å². The molecule has 139 heavy (non-hydrogen) atoms. The number of nitrogens with two attached hydrogens (primary N) is 3. The molecule has 9 N–H and O–H groups in total. The van der Waals surface area contributed by atoms with Crippen LogP contribution in [0.1, 0.15) is 219 Å². The van der Waals surface area contributed by atoms with Crippen LogP contribution in [0.2, 0.25) is 15.1 Å². The second kappa shape index (κ2) is 55.5. The Morgan fingerprint density at radius 3 is 0.935 bits per heavy atom. The number of nitrogens with zero attached hydrogens (tertiary/aromatic N) is 6. The van der Waals surface area contributed by atoms with Gasteiger partial charge in [0.1, 0.15) is 69.6 Å². The standard InChI is InChI=1S/C23H24ClFN2O2.C23H22ClFN2O.C12H13FO.C11H12ClN3.C11H11FO2.C10H10FIO.C10H12FNO.C9H10FNO2/c1-15-12-21(27(26-15)20-5-3-4-19(24)14-20)8-9-23(29)16(2)18-7-6-17(10-11-28)22(25)13-18;1-4-17-8-9-18(13-22(17)25)16(3)23(28)11-10-21-12-15(2)26-27(21)20-7-5-6-19(24)14-20;1-4-10-5-6-11(7-12(10)13)8(2)9(3)14;1-8-5-11(7-13)15(14-8)10-4-2-3-9(12)6-10;1-3-8-4-5-9(6-10(8)12)7(2)11(13)14;2*1-6(7(2)13)8-3-4-10(12)9(11)5-8;1-5(9(12)13)6-2-3-8(11)7(10)4-6/h3-7,12-14,16,28H,8-11H2,1-2H3;4-9,12-14,16H,1,10-11H2,2-3H3;4-8H,1H2,2-3H3;2-6H,7,13H2,1H3;3-7H,1H2,2H3,(H,13,14);3-6H,1-2H3;3-6H,12H2,1-2H3;2-5H,11H2,1H3,(H,12,13). The van der Waals surface area contributed by atoms with Crippen LogP contribution in [-0.4, -0.2) is 92.1 Å². The molecule has 19 nitrogen and oxygen atoms in total. The van der Waals surface area contributed by atoms with Gasteiger partial charge in [-0.15, -0.1) is 0 Å². The van der Waals surface area contributed by atoms with Crippen molar-refractivity contribution in [2.45, 2.75) is 170 Å². The number of aliphatic carboxylic acids is 2. The number of nitrogen functional groups attached to an aromatic ring is 2. The van der Waals surface area contributed by atoms with Crippen LogP contribution in [0.25, 0.3) is 35.3 Å². The van der Waals surface area contributed by atoms with Gasteiger partial charge in [0, 0.05) is 102 Å². The Labute approximate surface area is 834 Å². The van der Waals surface area contributed by atoms with E-state index in [9.17, 15) is 64.3 Å². The molecule has 13 rings (SSSR count). The molecule has 0 bridgehead atoms. The maximum atomic E-state index is 14.1. The summed E-state index contributed by atoms with van der Waals surface area (Å²) in [7, 11) is 0. The van der Waals surface area contributed by atoms with Crippen molar-refractivity contribution < 1.29 is 79.6 Å². The van der Waals surface area contributed by atoms with Gasteiger partial charge in [0.2, 0.25) is 0 Å². The van der Waals surface area contributed by atoms with Crippen molar-refractivity contribution in [3.8, 4) is 17.1 Å². The molecular formula is C109H114Cl3F7IN9O10.